The highest BCUT2D eigenvalue weighted by Gasteiger charge is 2.53. The van der Waals surface area contributed by atoms with Gasteiger partial charge in [0.1, 0.15) is 5.75 Å². The molecular weight excluding hydrogens is 340 g/mol. The number of rotatable bonds is 2. The SMILES string of the molecule is COc1ccc(N2C(=O)[C@H]3CC(C)c4c([nH]c5ccccc45)[C@H]3C2=O)cc1. The van der Waals surface area contributed by atoms with Crippen molar-refractivity contribution in [1.82, 2.24) is 4.98 Å². The van der Waals surface area contributed by atoms with Crippen molar-refractivity contribution < 1.29 is 14.3 Å². The van der Waals surface area contributed by atoms with Crippen LogP contribution in [-0.4, -0.2) is 23.9 Å². The second kappa shape index (κ2) is 5.71. The molecule has 0 saturated carbocycles. The van der Waals surface area contributed by atoms with Gasteiger partial charge in [0, 0.05) is 16.6 Å². The van der Waals surface area contributed by atoms with Crippen LogP contribution in [0.25, 0.3) is 10.9 Å². The summed E-state index contributed by atoms with van der Waals surface area (Å²) < 4.78 is 5.18. The van der Waals surface area contributed by atoms with Crippen LogP contribution in [0.4, 0.5) is 5.69 Å². The van der Waals surface area contributed by atoms with Crippen molar-refractivity contribution >= 4 is 28.4 Å². The number of fused-ring (bicyclic) bond motifs is 5. The Morgan fingerprint density at radius 2 is 1.78 bits per heavy atom. The summed E-state index contributed by atoms with van der Waals surface area (Å²) in [4.78, 5) is 31.2. The van der Waals surface area contributed by atoms with E-state index in [1.54, 1.807) is 31.4 Å². The predicted octanol–water partition coefficient (Wildman–Crippen LogP) is 3.96. The lowest BCUT2D eigenvalue weighted by atomic mass is 9.74. The van der Waals surface area contributed by atoms with Gasteiger partial charge >= 0.3 is 0 Å². The molecule has 2 amide bonds. The number of aromatic nitrogens is 1. The van der Waals surface area contributed by atoms with Crippen LogP contribution in [0.3, 0.4) is 0 Å². The van der Waals surface area contributed by atoms with Crippen molar-refractivity contribution in [3.8, 4) is 5.75 Å². The highest BCUT2D eigenvalue weighted by molar-refractivity contribution is 6.24. The fourth-order valence-electron chi connectivity index (χ4n) is 4.73. The Bertz CT molecular complexity index is 1070. The van der Waals surface area contributed by atoms with Gasteiger partial charge in [-0.25, -0.2) is 4.90 Å². The first-order valence-electron chi connectivity index (χ1n) is 9.22. The molecule has 1 fully saturated rings. The monoisotopic (exact) mass is 360 g/mol. The Morgan fingerprint density at radius 1 is 1.04 bits per heavy atom. The van der Waals surface area contributed by atoms with Gasteiger partial charge in [0.25, 0.3) is 0 Å². The minimum Gasteiger partial charge on any atom is -0.497 e. The van der Waals surface area contributed by atoms with E-state index in [0.29, 0.717) is 17.9 Å². The molecule has 136 valence electrons. The normalized spacial score (nSPS) is 24.2. The molecule has 0 radical (unpaired) electrons. The summed E-state index contributed by atoms with van der Waals surface area (Å²) in [6.07, 6.45) is 0.691. The zero-order valence-electron chi connectivity index (χ0n) is 15.2. The van der Waals surface area contributed by atoms with Crippen molar-refractivity contribution in [2.24, 2.45) is 5.92 Å². The number of hydrogen-bond acceptors (Lipinski definition) is 3. The first-order chi connectivity index (χ1) is 13.1. The molecule has 27 heavy (non-hydrogen) atoms. The molecule has 1 aromatic heterocycles. The number of carbonyl (C=O) groups excluding carboxylic acids is 2. The van der Waals surface area contributed by atoms with Crippen molar-refractivity contribution in [1.29, 1.82) is 0 Å². The van der Waals surface area contributed by atoms with E-state index in [0.717, 1.165) is 16.6 Å². The smallest absolute Gasteiger partial charge is 0.243 e. The number of para-hydroxylation sites is 1. The fraction of sp³-hybridized carbons (Fsp3) is 0.273. The lowest BCUT2D eigenvalue weighted by Crippen LogP contribution is -2.30. The Kier molecular flexibility index (Phi) is 3.41. The molecule has 1 N–H and O–H groups in total. The lowest BCUT2D eigenvalue weighted by molar-refractivity contribution is -0.122. The maximum Gasteiger partial charge on any atom is 0.243 e. The second-order valence-corrected chi connectivity index (χ2v) is 7.43. The summed E-state index contributed by atoms with van der Waals surface area (Å²) >= 11 is 0. The number of imide groups is 1. The van der Waals surface area contributed by atoms with Crippen LogP contribution >= 0.6 is 0 Å². The number of H-pyrrole nitrogens is 1. The third-order valence-corrected chi connectivity index (χ3v) is 5.95. The molecule has 2 aromatic carbocycles. The number of amides is 2. The molecule has 2 heterocycles. The van der Waals surface area contributed by atoms with Crippen molar-refractivity contribution in [2.45, 2.75) is 25.2 Å². The maximum absolute atomic E-state index is 13.3. The Balaban J connectivity index is 1.62. The zero-order chi connectivity index (χ0) is 18.7. The molecule has 5 nitrogen and oxygen atoms in total. The van der Waals surface area contributed by atoms with E-state index in [4.69, 9.17) is 4.74 Å². The largest absolute Gasteiger partial charge is 0.497 e. The standard InChI is InChI=1S/C22H20N2O3/c1-12-11-16-19(20-18(12)15-5-3-4-6-17(15)23-20)22(26)24(21(16)25)13-7-9-14(27-2)10-8-13/h3-10,12,16,19,23H,11H2,1-2H3/t12?,16-,19-/m0/s1. The van der Waals surface area contributed by atoms with Crippen LogP contribution in [0.2, 0.25) is 0 Å². The van der Waals surface area contributed by atoms with E-state index < -0.39 is 5.92 Å². The summed E-state index contributed by atoms with van der Waals surface area (Å²) in [5.41, 5.74) is 3.72. The molecular formula is C22H20N2O3. The number of nitrogens with zero attached hydrogens (tertiary/aromatic N) is 1. The average Bonchev–Trinajstić information content (AvgIpc) is 3.18. The molecule has 0 spiro atoms. The van der Waals surface area contributed by atoms with Crippen LogP contribution in [0.15, 0.2) is 48.5 Å². The number of methoxy groups -OCH3 is 1. The molecule has 1 saturated heterocycles. The number of anilines is 1. The number of ether oxygens (including phenoxy) is 1. The Hall–Kier alpha value is -3.08. The molecule has 3 atom stereocenters. The van der Waals surface area contributed by atoms with Crippen LogP contribution in [0.1, 0.15) is 36.4 Å². The average molecular weight is 360 g/mol. The number of carbonyl (C=O) groups is 2. The molecule has 5 heteroatoms. The number of benzene rings is 2. The van der Waals surface area contributed by atoms with E-state index >= 15 is 0 Å². The number of hydrogen-bond donors (Lipinski definition) is 1. The van der Waals surface area contributed by atoms with E-state index in [9.17, 15) is 9.59 Å². The molecule has 0 bridgehead atoms. The van der Waals surface area contributed by atoms with Gasteiger partial charge in [-0.05, 0) is 48.2 Å². The molecule has 3 aromatic rings. The second-order valence-electron chi connectivity index (χ2n) is 7.43. The predicted molar refractivity (Wildman–Crippen MR) is 103 cm³/mol. The maximum atomic E-state index is 13.3. The van der Waals surface area contributed by atoms with Crippen LogP contribution in [-0.2, 0) is 9.59 Å². The van der Waals surface area contributed by atoms with Gasteiger partial charge in [-0.3, -0.25) is 9.59 Å². The molecule has 5 rings (SSSR count). The quantitative estimate of drug-likeness (QED) is 0.704. The Labute approximate surface area is 156 Å². The van der Waals surface area contributed by atoms with E-state index in [2.05, 4.69) is 18.0 Å². The lowest BCUT2D eigenvalue weighted by Gasteiger charge is -2.27. The minimum absolute atomic E-state index is 0.105. The summed E-state index contributed by atoms with van der Waals surface area (Å²) in [6.45, 7) is 2.14. The van der Waals surface area contributed by atoms with Crippen LogP contribution in [0, 0.1) is 5.92 Å². The van der Waals surface area contributed by atoms with Gasteiger partial charge in [0.05, 0.1) is 24.6 Å². The summed E-state index contributed by atoms with van der Waals surface area (Å²) in [5.74, 6) is -0.0682. The Morgan fingerprint density at radius 3 is 2.52 bits per heavy atom. The topological polar surface area (TPSA) is 62.4 Å². The van der Waals surface area contributed by atoms with Crippen LogP contribution in [0.5, 0.6) is 5.75 Å². The highest BCUT2D eigenvalue weighted by Crippen LogP contribution is 2.50. The van der Waals surface area contributed by atoms with Crippen LogP contribution < -0.4 is 9.64 Å². The van der Waals surface area contributed by atoms with E-state index in [1.165, 1.54) is 10.5 Å². The molecule has 1 unspecified atom stereocenters. The van der Waals surface area contributed by atoms with Crippen molar-refractivity contribution in [3.63, 3.8) is 0 Å². The fourth-order valence-corrected chi connectivity index (χ4v) is 4.73. The molecule has 2 aliphatic rings. The number of nitrogens with one attached hydrogen (secondary N) is 1. The first kappa shape index (κ1) is 16.1. The highest BCUT2D eigenvalue weighted by atomic mass is 16.5. The zero-order valence-corrected chi connectivity index (χ0v) is 15.2. The summed E-state index contributed by atoms with van der Waals surface area (Å²) in [6, 6.07) is 15.2. The number of aromatic amines is 1. The third-order valence-electron chi connectivity index (χ3n) is 5.95. The van der Waals surface area contributed by atoms with Crippen molar-refractivity contribution in [3.05, 3.63) is 59.8 Å². The first-order valence-corrected chi connectivity index (χ1v) is 9.22. The molecule has 1 aliphatic heterocycles. The van der Waals surface area contributed by atoms with Gasteiger partial charge in [-0.1, -0.05) is 25.1 Å². The third kappa shape index (κ3) is 2.17. The van der Waals surface area contributed by atoms with E-state index in [1.807, 2.05) is 18.2 Å². The van der Waals surface area contributed by atoms with Gasteiger partial charge in [0.15, 0.2) is 0 Å². The van der Waals surface area contributed by atoms with Gasteiger partial charge in [-0.2, -0.15) is 0 Å². The van der Waals surface area contributed by atoms with Gasteiger partial charge in [0.2, 0.25) is 11.8 Å². The molecule has 1 aliphatic carbocycles. The van der Waals surface area contributed by atoms with Crippen molar-refractivity contribution in [2.75, 3.05) is 12.0 Å². The summed E-state index contributed by atoms with van der Waals surface area (Å²) in [5, 5.41) is 1.15. The van der Waals surface area contributed by atoms with Gasteiger partial charge < -0.3 is 9.72 Å². The van der Waals surface area contributed by atoms with Gasteiger partial charge in [-0.15, -0.1) is 0 Å². The summed E-state index contributed by atoms with van der Waals surface area (Å²) in [7, 11) is 1.59. The van der Waals surface area contributed by atoms with E-state index in [-0.39, 0.29) is 23.7 Å². The minimum atomic E-state index is -0.432.